The van der Waals surface area contributed by atoms with E-state index >= 15 is 0 Å². The van der Waals surface area contributed by atoms with E-state index < -0.39 is 54.5 Å². The van der Waals surface area contributed by atoms with Crippen LogP contribution in [0.2, 0.25) is 0 Å². The van der Waals surface area contributed by atoms with Gasteiger partial charge in [-0.1, -0.05) is 0 Å². The van der Waals surface area contributed by atoms with Gasteiger partial charge in [-0.15, -0.1) is 0 Å². The van der Waals surface area contributed by atoms with Crippen molar-refractivity contribution in [2.45, 2.75) is 58.3 Å². The highest BCUT2D eigenvalue weighted by molar-refractivity contribution is 7.78. The standard InChI is InChI=1S/C15H19NO9S/c1-7(17)21-5-11-12(22-8(2)18)13(23-9(3)19)14(24-10(4)20)15(25-11)16-6-26/h11-15H,5H2,1-4H3/t11?,12-,13?,14?,15+/m1/s1. The van der Waals surface area contributed by atoms with Crippen molar-refractivity contribution in [3.8, 4) is 0 Å². The van der Waals surface area contributed by atoms with Gasteiger partial charge < -0.3 is 23.7 Å². The van der Waals surface area contributed by atoms with Crippen molar-refractivity contribution in [1.82, 2.24) is 0 Å². The van der Waals surface area contributed by atoms with Gasteiger partial charge in [-0.25, -0.2) is 0 Å². The highest BCUT2D eigenvalue weighted by atomic mass is 32.1. The van der Waals surface area contributed by atoms with Crippen LogP contribution in [-0.2, 0) is 42.9 Å². The average Bonchev–Trinajstić information content (AvgIpc) is 2.50. The van der Waals surface area contributed by atoms with Gasteiger partial charge in [-0.2, -0.15) is 4.99 Å². The molecule has 0 aliphatic carbocycles. The van der Waals surface area contributed by atoms with Crippen molar-refractivity contribution in [2.24, 2.45) is 4.99 Å². The number of thiocarbonyl (C=S) groups is 1. The fourth-order valence-corrected chi connectivity index (χ4v) is 2.47. The molecule has 3 unspecified atom stereocenters. The molecule has 11 heteroatoms. The third-order valence-electron chi connectivity index (χ3n) is 3.15. The summed E-state index contributed by atoms with van der Waals surface area (Å²) in [5.74, 6) is -2.74. The first kappa shape index (κ1) is 21.7. The fourth-order valence-electron chi connectivity index (χ4n) is 2.36. The zero-order valence-electron chi connectivity index (χ0n) is 14.6. The van der Waals surface area contributed by atoms with Crippen molar-refractivity contribution in [3.63, 3.8) is 0 Å². The van der Waals surface area contributed by atoms with Gasteiger partial charge in [0.25, 0.3) is 0 Å². The molecule has 1 saturated heterocycles. The smallest absolute Gasteiger partial charge is 0.303 e. The number of isothiocyanates is 1. The minimum absolute atomic E-state index is 0.318. The number of rotatable bonds is 6. The van der Waals surface area contributed by atoms with Crippen molar-refractivity contribution in [2.75, 3.05) is 6.61 Å². The van der Waals surface area contributed by atoms with Gasteiger partial charge in [0.15, 0.2) is 24.5 Å². The van der Waals surface area contributed by atoms with E-state index in [1.54, 1.807) is 0 Å². The summed E-state index contributed by atoms with van der Waals surface area (Å²) in [4.78, 5) is 49.3. The average molecular weight is 389 g/mol. The fraction of sp³-hybridized carbons (Fsp3) is 0.667. The van der Waals surface area contributed by atoms with Gasteiger partial charge in [0.1, 0.15) is 12.7 Å². The van der Waals surface area contributed by atoms with Crippen LogP contribution in [0.4, 0.5) is 0 Å². The Hall–Kier alpha value is -2.36. The van der Waals surface area contributed by atoms with E-state index in [0.29, 0.717) is 0 Å². The topological polar surface area (TPSA) is 127 Å². The number of ether oxygens (including phenoxy) is 5. The lowest BCUT2D eigenvalue weighted by Crippen LogP contribution is -2.61. The first-order chi connectivity index (χ1) is 12.1. The Bertz CT molecular complexity index is 616. The summed E-state index contributed by atoms with van der Waals surface area (Å²) in [6.45, 7) is 4.26. The zero-order valence-corrected chi connectivity index (χ0v) is 15.4. The number of hydrogen-bond donors (Lipinski definition) is 0. The minimum Gasteiger partial charge on any atom is -0.463 e. The Morgan fingerprint density at radius 1 is 0.885 bits per heavy atom. The summed E-state index contributed by atoms with van der Waals surface area (Å²) in [6, 6.07) is 0. The summed E-state index contributed by atoms with van der Waals surface area (Å²) in [5.41, 5.74) is 0. The third kappa shape index (κ3) is 6.51. The molecule has 0 radical (unpaired) electrons. The van der Waals surface area contributed by atoms with Gasteiger partial charge in [0.2, 0.25) is 0 Å². The molecule has 5 atom stereocenters. The molecule has 0 saturated carbocycles. The summed E-state index contributed by atoms with van der Waals surface area (Å²) in [5, 5.41) is 2.09. The van der Waals surface area contributed by atoms with Gasteiger partial charge in [-0.3, -0.25) is 19.2 Å². The highest BCUT2D eigenvalue weighted by Crippen LogP contribution is 2.29. The van der Waals surface area contributed by atoms with E-state index in [1.165, 1.54) is 6.92 Å². The maximum atomic E-state index is 11.5. The lowest BCUT2D eigenvalue weighted by atomic mass is 9.97. The van der Waals surface area contributed by atoms with Crippen LogP contribution in [0.15, 0.2) is 4.99 Å². The predicted octanol–water partition coefficient (Wildman–Crippen LogP) is 0.172. The first-order valence-electron chi connectivity index (χ1n) is 7.53. The summed E-state index contributed by atoms with van der Waals surface area (Å²) < 4.78 is 26.0. The second-order valence-corrected chi connectivity index (χ2v) is 5.49. The van der Waals surface area contributed by atoms with Crippen LogP contribution in [0.1, 0.15) is 27.7 Å². The van der Waals surface area contributed by atoms with Crippen LogP contribution in [0, 0.1) is 0 Å². The van der Waals surface area contributed by atoms with E-state index in [9.17, 15) is 19.2 Å². The summed E-state index contributed by atoms with van der Waals surface area (Å²) in [7, 11) is 0. The molecule has 0 amide bonds. The van der Waals surface area contributed by atoms with E-state index in [0.717, 1.165) is 20.8 Å². The zero-order chi connectivity index (χ0) is 19.9. The Balaban J connectivity index is 3.28. The Morgan fingerprint density at radius 3 is 1.85 bits per heavy atom. The molecule has 1 fully saturated rings. The van der Waals surface area contributed by atoms with Gasteiger partial charge in [0.05, 0.1) is 5.16 Å². The molecule has 0 bridgehead atoms. The van der Waals surface area contributed by atoms with Gasteiger partial charge in [0, 0.05) is 27.7 Å². The maximum Gasteiger partial charge on any atom is 0.303 e. The molecule has 0 aromatic heterocycles. The highest BCUT2D eigenvalue weighted by Gasteiger charge is 2.52. The van der Waals surface area contributed by atoms with Crippen molar-refractivity contribution in [1.29, 1.82) is 0 Å². The van der Waals surface area contributed by atoms with E-state index in [2.05, 4.69) is 22.4 Å². The van der Waals surface area contributed by atoms with Crippen molar-refractivity contribution >= 4 is 41.3 Å². The number of carbonyl (C=O) groups excluding carboxylic acids is 4. The predicted molar refractivity (Wildman–Crippen MR) is 87.0 cm³/mol. The van der Waals surface area contributed by atoms with Gasteiger partial charge in [-0.05, 0) is 12.2 Å². The number of hydrogen-bond acceptors (Lipinski definition) is 11. The second kappa shape index (κ2) is 9.95. The minimum atomic E-state index is -1.26. The van der Waals surface area contributed by atoms with Crippen LogP contribution < -0.4 is 0 Å². The molecule has 1 aliphatic rings. The monoisotopic (exact) mass is 389 g/mol. The summed E-state index contributed by atoms with van der Waals surface area (Å²) in [6.07, 6.45) is -5.96. The molecule has 0 N–H and O–H groups in total. The molecule has 10 nitrogen and oxygen atoms in total. The molecule has 0 spiro atoms. The van der Waals surface area contributed by atoms with Crippen LogP contribution in [-0.4, -0.2) is 66.3 Å². The number of esters is 4. The molecule has 0 aromatic rings. The molecule has 0 aromatic carbocycles. The SMILES string of the molecule is CC(=O)OCC1O[C@H](N=C=S)C(OC(C)=O)C(OC(C)=O)[C@@H]1OC(C)=O. The van der Waals surface area contributed by atoms with E-state index in [-0.39, 0.29) is 6.61 Å². The van der Waals surface area contributed by atoms with Gasteiger partial charge >= 0.3 is 23.9 Å². The number of nitrogens with zero attached hydrogens (tertiary/aromatic N) is 1. The van der Waals surface area contributed by atoms with E-state index in [4.69, 9.17) is 23.7 Å². The largest absolute Gasteiger partial charge is 0.463 e. The normalized spacial score (nSPS) is 27.5. The van der Waals surface area contributed by atoms with Crippen molar-refractivity contribution in [3.05, 3.63) is 0 Å². The summed E-state index contributed by atoms with van der Waals surface area (Å²) >= 11 is 4.55. The molecule has 26 heavy (non-hydrogen) atoms. The Labute approximate surface area is 154 Å². The molecular formula is C15H19NO9S. The van der Waals surface area contributed by atoms with Crippen molar-refractivity contribution < 1.29 is 42.9 Å². The maximum absolute atomic E-state index is 11.5. The molecule has 144 valence electrons. The lowest BCUT2D eigenvalue weighted by Gasteiger charge is -2.42. The lowest BCUT2D eigenvalue weighted by molar-refractivity contribution is -0.250. The number of carbonyl (C=O) groups is 4. The van der Waals surface area contributed by atoms with Crippen LogP contribution in [0.5, 0.6) is 0 Å². The third-order valence-corrected chi connectivity index (χ3v) is 3.25. The molecule has 1 aliphatic heterocycles. The van der Waals surface area contributed by atoms with Crippen LogP contribution >= 0.6 is 12.2 Å². The van der Waals surface area contributed by atoms with Crippen LogP contribution in [0.25, 0.3) is 0 Å². The van der Waals surface area contributed by atoms with Crippen LogP contribution in [0.3, 0.4) is 0 Å². The first-order valence-corrected chi connectivity index (χ1v) is 7.94. The molecule has 1 heterocycles. The number of aliphatic imine (C=N–C) groups is 1. The van der Waals surface area contributed by atoms with E-state index in [1.807, 2.05) is 0 Å². The molecular weight excluding hydrogens is 370 g/mol. The molecule has 1 rings (SSSR count). The quantitative estimate of drug-likeness (QED) is 0.268. The second-order valence-electron chi connectivity index (χ2n) is 5.31. The Morgan fingerprint density at radius 2 is 1.38 bits per heavy atom. The Kier molecular flexibility index (Phi) is 8.30.